The maximum Gasteiger partial charge on any atom is 0.266 e. The van der Waals surface area contributed by atoms with Crippen LogP contribution in [0, 0.1) is 13.8 Å². The lowest BCUT2D eigenvalue weighted by Gasteiger charge is -2.20. The molecule has 4 rings (SSSR count). The Morgan fingerprint density at radius 2 is 1.81 bits per heavy atom. The van der Waals surface area contributed by atoms with Gasteiger partial charge in [0.25, 0.3) is 5.56 Å². The van der Waals surface area contributed by atoms with Gasteiger partial charge in [-0.15, -0.1) is 0 Å². The van der Waals surface area contributed by atoms with Gasteiger partial charge in [0, 0.05) is 12.6 Å². The molecule has 31 heavy (non-hydrogen) atoms. The predicted octanol–water partition coefficient (Wildman–Crippen LogP) is 3.83. The monoisotopic (exact) mass is 432 g/mol. The Balaban J connectivity index is 2.03. The molecule has 8 heteroatoms. The number of nitrogens with one attached hydrogen (secondary N) is 1. The Morgan fingerprint density at radius 3 is 2.55 bits per heavy atom. The van der Waals surface area contributed by atoms with Crippen molar-refractivity contribution in [2.45, 2.75) is 26.0 Å². The average molecular weight is 433 g/mol. The molecule has 0 saturated heterocycles. The number of hydrogen-bond acceptors (Lipinski definition) is 7. The summed E-state index contributed by atoms with van der Waals surface area (Å²) < 4.78 is 1.63. The first-order valence-electron chi connectivity index (χ1n) is 10.1. The van der Waals surface area contributed by atoms with Gasteiger partial charge in [0.05, 0.1) is 22.3 Å². The number of fused-ring (bicyclic) bond motifs is 1. The Labute approximate surface area is 185 Å². The van der Waals surface area contributed by atoms with Crippen LogP contribution in [0.3, 0.4) is 0 Å². The number of thiol groups is 1. The van der Waals surface area contributed by atoms with Crippen molar-refractivity contribution in [2.24, 2.45) is 0 Å². The highest BCUT2D eigenvalue weighted by Gasteiger charge is 2.23. The molecule has 2 aromatic heterocycles. The first-order valence-corrected chi connectivity index (χ1v) is 10.6. The number of anilines is 2. The SMILES string of the molecule is CCNc1cc(C(S)c2nc3cccc(C)c3c(=O)n2-c2ccccc2C)nc(N)n1. The first-order chi connectivity index (χ1) is 14.9. The van der Waals surface area contributed by atoms with Gasteiger partial charge in [-0.05, 0) is 44.0 Å². The lowest BCUT2D eigenvalue weighted by atomic mass is 10.1. The molecule has 0 bridgehead atoms. The van der Waals surface area contributed by atoms with Gasteiger partial charge in [0.1, 0.15) is 16.9 Å². The molecular weight excluding hydrogens is 408 g/mol. The Kier molecular flexibility index (Phi) is 5.65. The lowest BCUT2D eigenvalue weighted by Crippen LogP contribution is -2.26. The van der Waals surface area contributed by atoms with E-state index in [-0.39, 0.29) is 11.5 Å². The van der Waals surface area contributed by atoms with E-state index in [9.17, 15) is 4.79 Å². The number of nitrogens with zero attached hydrogens (tertiary/aromatic N) is 4. The predicted molar refractivity (Wildman–Crippen MR) is 128 cm³/mol. The number of para-hydroxylation sites is 1. The van der Waals surface area contributed by atoms with Crippen LogP contribution in [0.15, 0.2) is 53.3 Å². The largest absolute Gasteiger partial charge is 0.370 e. The van der Waals surface area contributed by atoms with E-state index in [1.54, 1.807) is 10.6 Å². The van der Waals surface area contributed by atoms with Crippen molar-refractivity contribution in [3.8, 4) is 5.69 Å². The van der Waals surface area contributed by atoms with E-state index >= 15 is 0 Å². The van der Waals surface area contributed by atoms with Gasteiger partial charge in [0.2, 0.25) is 5.95 Å². The molecule has 0 saturated carbocycles. The second-order valence-electron chi connectivity index (χ2n) is 7.34. The van der Waals surface area contributed by atoms with Crippen molar-refractivity contribution < 1.29 is 0 Å². The zero-order valence-electron chi connectivity index (χ0n) is 17.6. The number of nitrogens with two attached hydrogens (primary N) is 1. The van der Waals surface area contributed by atoms with E-state index in [0.29, 0.717) is 34.8 Å². The van der Waals surface area contributed by atoms with Crippen LogP contribution in [-0.4, -0.2) is 26.1 Å². The summed E-state index contributed by atoms with van der Waals surface area (Å²) >= 11 is 4.83. The molecule has 2 aromatic carbocycles. The van der Waals surface area contributed by atoms with E-state index in [4.69, 9.17) is 23.3 Å². The van der Waals surface area contributed by atoms with Crippen LogP contribution in [0.25, 0.3) is 16.6 Å². The second-order valence-corrected chi connectivity index (χ2v) is 7.85. The molecule has 0 radical (unpaired) electrons. The lowest BCUT2D eigenvalue weighted by molar-refractivity contribution is 0.822. The minimum Gasteiger partial charge on any atom is -0.370 e. The molecule has 0 spiro atoms. The highest BCUT2D eigenvalue weighted by molar-refractivity contribution is 7.80. The number of nitrogen functional groups attached to an aromatic ring is 1. The number of aromatic nitrogens is 4. The summed E-state index contributed by atoms with van der Waals surface area (Å²) in [6.07, 6.45) is 0. The molecule has 3 N–H and O–H groups in total. The van der Waals surface area contributed by atoms with Crippen LogP contribution in [0.1, 0.15) is 34.8 Å². The number of hydrogen-bond donors (Lipinski definition) is 3. The van der Waals surface area contributed by atoms with Gasteiger partial charge >= 0.3 is 0 Å². The summed E-state index contributed by atoms with van der Waals surface area (Å²) in [4.78, 5) is 27.2. The van der Waals surface area contributed by atoms with Gasteiger partial charge < -0.3 is 11.1 Å². The molecule has 158 valence electrons. The standard InChI is InChI=1S/C23H24N6OS/c1-4-25-18-12-16(27-23(24)28-18)20(31)21-26-15-10-7-9-14(3)19(15)22(30)29(21)17-11-6-5-8-13(17)2/h5-12,20,31H,4H2,1-3H3,(H3,24,25,27,28). The minimum absolute atomic E-state index is 0.133. The van der Waals surface area contributed by atoms with E-state index < -0.39 is 5.25 Å². The fraction of sp³-hybridized carbons (Fsp3) is 0.217. The third-order valence-electron chi connectivity index (χ3n) is 5.13. The smallest absolute Gasteiger partial charge is 0.266 e. The number of benzene rings is 2. The molecule has 0 aliphatic carbocycles. The Bertz CT molecular complexity index is 1330. The topological polar surface area (TPSA) is 98.7 Å². The summed E-state index contributed by atoms with van der Waals surface area (Å²) in [5.41, 5.74) is 9.57. The summed E-state index contributed by atoms with van der Waals surface area (Å²) in [5.74, 6) is 1.21. The fourth-order valence-corrected chi connectivity index (χ4v) is 3.98. The first kappa shape index (κ1) is 20.9. The van der Waals surface area contributed by atoms with Gasteiger partial charge in [-0.2, -0.15) is 17.6 Å². The third kappa shape index (κ3) is 3.86. The normalized spacial score (nSPS) is 12.1. The third-order valence-corrected chi connectivity index (χ3v) is 5.63. The van der Waals surface area contributed by atoms with Gasteiger partial charge in [-0.25, -0.2) is 9.97 Å². The molecule has 0 aliphatic rings. The van der Waals surface area contributed by atoms with Crippen LogP contribution < -0.4 is 16.6 Å². The van der Waals surface area contributed by atoms with Crippen LogP contribution in [0.5, 0.6) is 0 Å². The minimum atomic E-state index is -0.597. The summed E-state index contributed by atoms with van der Waals surface area (Å²) in [7, 11) is 0. The molecular formula is C23H24N6OS. The van der Waals surface area contributed by atoms with Crippen LogP contribution >= 0.6 is 12.6 Å². The van der Waals surface area contributed by atoms with Crippen molar-refractivity contribution in [3.63, 3.8) is 0 Å². The maximum absolute atomic E-state index is 13.7. The summed E-state index contributed by atoms with van der Waals surface area (Å²) in [6, 6.07) is 15.2. The van der Waals surface area contributed by atoms with Crippen molar-refractivity contribution in [2.75, 3.05) is 17.6 Å². The summed E-state index contributed by atoms with van der Waals surface area (Å²) in [6.45, 7) is 6.54. The van der Waals surface area contributed by atoms with Gasteiger partial charge in [-0.3, -0.25) is 9.36 Å². The molecule has 7 nitrogen and oxygen atoms in total. The summed E-state index contributed by atoms with van der Waals surface area (Å²) in [5, 5.41) is 3.14. The molecule has 2 heterocycles. The van der Waals surface area contributed by atoms with E-state index in [0.717, 1.165) is 16.8 Å². The zero-order valence-corrected chi connectivity index (χ0v) is 18.5. The van der Waals surface area contributed by atoms with Crippen molar-refractivity contribution >= 4 is 35.3 Å². The molecule has 4 aromatic rings. The van der Waals surface area contributed by atoms with E-state index in [1.165, 1.54) is 0 Å². The zero-order chi connectivity index (χ0) is 22.1. The van der Waals surface area contributed by atoms with Crippen molar-refractivity contribution in [1.29, 1.82) is 0 Å². The Hall–Kier alpha value is -3.39. The quantitative estimate of drug-likeness (QED) is 0.415. The Morgan fingerprint density at radius 1 is 1.06 bits per heavy atom. The average Bonchev–Trinajstić information content (AvgIpc) is 2.73. The molecule has 1 atom stereocenters. The molecule has 1 unspecified atom stereocenters. The number of rotatable bonds is 5. The van der Waals surface area contributed by atoms with Crippen LogP contribution in [-0.2, 0) is 0 Å². The number of aryl methyl sites for hydroxylation is 2. The van der Waals surface area contributed by atoms with Crippen LogP contribution in [0.4, 0.5) is 11.8 Å². The van der Waals surface area contributed by atoms with Gasteiger partial charge in [0.15, 0.2) is 0 Å². The van der Waals surface area contributed by atoms with Gasteiger partial charge in [-0.1, -0.05) is 30.3 Å². The molecule has 0 fully saturated rings. The highest BCUT2D eigenvalue weighted by atomic mass is 32.1. The van der Waals surface area contributed by atoms with Crippen molar-refractivity contribution in [3.05, 3.63) is 81.5 Å². The molecule has 0 amide bonds. The highest BCUT2D eigenvalue weighted by Crippen LogP contribution is 2.30. The van der Waals surface area contributed by atoms with E-state index in [1.807, 2.05) is 63.2 Å². The maximum atomic E-state index is 13.7. The van der Waals surface area contributed by atoms with E-state index in [2.05, 4.69) is 15.3 Å². The molecule has 0 aliphatic heterocycles. The second kappa shape index (κ2) is 8.39. The van der Waals surface area contributed by atoms with Crippen LogP contribution in [0.2, 0.25) is 0 Å². The fourth-order valence-electron chi connectivity index (χ4n) is 3.67. The van der Waals surface area contributed by atoms with Crippen molar-refractivity contribution in [1.82, 2.24) is 19.5 Å².